The molecular formula is C26H27N3O5S. The number of hydrogen-bond donors (Lipinski definition) is 1. The second-order valence-corrected chi connectivity index (χ2v) is 10.3. The van der Waals surface area contributed by atoms with Crippen molar-refractivity contribution in [1.29, 1.82) is 0 Å². The molecule has 182 valence electrons. The molecule has 2 aliphatic heterocycles. The number of nitrogens with zero attached hydrogens (tertiary/aromatic N) is 2. The van der Waals surface area contributed by atoms with Crippen LogP contribution in [0.2, 0.25) is 0 Å². The van der Waals surface area contributed by atoms with Crippen molar-refractivity contribution < 1.29 is 22.7 Å². The fourth-order valence-corrected chi connectivity index (χ4v) is 5.98. The van der Waals surface area contributed by atoms with Crippen LogP contribution >= 0.6 is 0 Å². The molecule has 0 unspecified atom stereocenters. The van der Waals surface area contributed by atoms with Gasteiger partial charge in [0.1, 0.15) is 6.17 Å². The SMILES string of the molecule is CCN(CC)S(=O)(=O)c1ccc(N[C@H]2c3ccccc3C(=O)N2Cc2ccc3c(c2)OCO3)cc1. The van der Waals surface area contributed by atoms with E-state index < -0.39 is 16.2 Å². The van der Waals surface area contributed by atoms with Gasteiger partial charge in [0.2, 0.25) is 16.8 Å². The lowest BCUT2D eigenvalue weighted by Gasteiger charge is -2.27. The van der Waals surface area contributed by atoms with Crippen molar-refractivity contribution in [2.45, 2.75) is 31.5 Å². The number of amides is 1. The summed E-state index contributed by atoms with van der Waals surface area (Å²) in [5.74, 6) is 1.29. The van der Waals surface area contributed by atoms with Crippen molar-refractivity contribution in [1.82, 2.24) is 9.21 Å². The molecule has 3 aromatic rings. The third-order valence-corrected chi connectivity index (χ3v) is 8.41. The molecule has 0 aliphatic carbocycles. The first kappa shape index (κ1) is 23.2. The lowest BCUT2D eigenvalue weighted by Crippen LogP contribution is -2.32. The molecule has 0 radical (unpaired) electrons. The van der Waals surface area contributed by atoms with Gasteiger partial charge in [-0.25, -0.2) is 8.42 Å². The Kier molecular flexibility index (Phi) is 6.12. The Bertz CT molecular complexity index is 1350. The van der Waals surface area contributed by atoms with E-state index in [4.69, 9.17) is 9.47 Å². The molecule has 1 N–H and O–H groups in total. The third-order valence-electron chi connectivity index (χ3n) is 6.35. The number of fused-ring (bicyclic) bond motifs is 2. The molecule has 0 spiro atoms. The first-order valence-electron chi connectivity index (χ1n) is 11.6. The Morgan fingerprint density at radius 3 is 2.43 bits per heavy atom. The van der Waals surface area contributed by atoms with Crippen molar-refractivity contribution in [3.63, 3.8) is 0 Å². The number of rotatable bonds is 8. The molecule has 0 saturated carbocycles. The highest BCUT2D eigenvalue weighted by molar-refractivity contribution is 7.89. The molecule has 0 aromatic heterocycles. The summed E-state index contributed by atoms with van der Waals surface area (Å²) >= 11 is 0. The first-order valence-corrected chi connectivity index (χ1v) is 13.0. The summed E-state index contributed by atoms with van der Waals surface area (Å²) < 4.78 is 38.0. The van der Waals surface area contributed by atoms with E-state index in [2.05, 4.69) is 5.32 Å². The van der Waals surface area contributed by atoms with Crippen molar-refractivity contribution in [2.24, 2.45) is 0 Å². The molecule has 1 atom stereocenters. The number of anilines is 1. The maximum absolute atomic E-state index is 13.3. The van der Waals surface area contributed by atoms with Gasteiger partial charge in [-0.1, -0.05) is 38.1 Å². The normalized spacial score (nSPS) is 16.6. The van der Waals surface area contributed by atoms with Gasteiger partial charge in [0.15, 0.2) is 11.5 Å². The molecular weight excluding hydrogens is 466 g/mol. The number of carbonyl (C=O) groups is 1. The Morgan fingerprint density at radius 2 is 1.69 bits per heavy atom. The van der Waals surface area contributed by atoms with Gasteiger partial charge in [-0.05, 0) is 48.0 Å². The number of nitrogens with one attached hydrogen (secondary N) is 1. The molecule has 3 aromatic carbocycles. The van der Waals surface area contributed by atoms with Gasteiger partial charge in [-0.2, -0.15) is 4.31 Å². The van der Waals surface area contributed by atoms with Gasteiger partial charge in [0, 0.05) is 36.4 Å². The average molecular weight is 494 g/mol. The van der Waals surface area contributed by atoms with E-state index >= 15 is 0 Å². The number of hydrogen-bond acceptors (Lipinski definition) is 6. The van der Waals surface area contributed by atoms with E-state index in [0.29, 0.717) is 42.4 Å². The molecule has 0 bridgehead atoms. The van der Waals surface area contributed by atoms with Crippen LogP contribution in [0.5, 0.6) is 11.5 Å². The Labute approximate surface area is 205 Å². The molecule has 2 heterocycles. The van der Waals surface area contributed by atoms with Gasteiger partial charge in [-0.3, -0.25) is 4.79 Å². The van der Waals surface area contributed by atoms with Crippen LogP contribution in [-0.4, -0.2) is 43.4 Å². The zero-order valence-corrected chi connectivity index (χ0v) is 20.4. The zero-order valence-electron chi connectivity index (χ0n) is 19.6. The van der Waals surface area contributed by atoms with Crippen LogP contribution in [-0.2, 0) is 16.6 Å². The molecule has 5 rings (SSSR count). The fraction of sp³-hybridized carbons (Fsp3) is 0.269. The van der Waals surface area contributed by atoms with E-state index in [1.807, 2.05) is 56.3 Å². The Balaban J connectivity index is 1.42. The Morgan fingerprint density at radius 1 is 0.971 bits per heavy atom. The minimum Gasteiger partial charge on any atom is -0.454 e. The van der Waals surface area contributed by atoms with Crippen LogP contribution in [0, 0.1) is 0 Å². The van der Waals surface area contributed by atoms with Gasteiger partial charge < -0.3 is 19.7 Å². The molecule has 8 nitrogen and oxygen atoms in total. The first-order chi connectivity index (χ1) is 16.9. The maximum atomic E-state index is 13.3. The number of benzene rings is 3. The maximum Gasteiger partial charge on any atom is 0.256 e. The second-order valence-electron chi connectivity index (χ2n) is 8.37. The Hall–Kier alpha value is -3.56. The fourth-order valence-electron chi connectivity index (χ4n) is 4.52. The van der Waals surface area contributed by atoms with Crippen LogP contribution in [0.1, 0.15) is 41.5 Å². The molecule has 2 aliphatic rings. The monoisotopic (exact) mass is 493 g/mol. The van der Waals surface area contributed by atoms with E-state index in [1.54, 1.807) is 29.2 Å². The minimum atomic E-state index is -3.54. The van der Waals surface area contributed by atoms with E-state index in [-0.39, 0.29) is 17.6 Å². The van der Waals surface area contributed by atoms with Gasteiger partial charge >= 0.3 is 0 Å². The largest absolute Gasteiger partial charge is 0.454 e. The van der Waals surface area contributed by atoms with Crippen molar-refractivity contribution in [3.05, 3.63) is 83.4 Å². The van der Waals surface area contributed by atoms with Crippen molar-refractivity contribution >= 4 is 21.6 Å². The quantitative estimate of drug-likeness (QED) is 0.506. The van der Waals surface area contributed by atoms with E-state index in [1.165, 1.54) is 4.31 Å². The van der Waals surface area contributed by atoms with Crippen LogP contribution in [0.3, 0.4) is 0 Å². The number of ether oxygens (including phenoxy) is 2. The summed E-state index contributed by atoms with van der Waals surface area (Å²) in [6.45, 7) is 5.02. The van der Waals surface area contributed by atoms with Gasteiger partial charge in [-0.15, -0.1) is 0 Å². The predicted molar refractivity (Wildman–Crippen MR) is 132 cm³/mol. The molecule has 9 heteroatoms. The third kappa shape index (κ3) is 4.21. The smallest absolute Gasteiger partial charge is 0.256 e. The summed E-state index contributed by atoms with van der Waals surface area (Å²) in [6.07, 6.45) is -0.408. The highest BCUT2D eigenvalue weighted by atomic mass is 32.2. The van der Waals surface area contributed by atoms with Gasteiger partial charge in [0.05, 0.1) is 4.90 Å². The van der Waals surface area contributed by atoms with Crippen molar-refractivity contribution in [2.75, 3.05) is 25.2 Å². The summed E-state index contributed by atoms with van der Waals surface area (Å²) in [5, 5.41) is 3.43. The topological polar surface area (TPSA) is 88.2 Å². The summed E-state index contributed by atoms with van der Waals surface area (Å²) in [7, 11) is -3.54. The molecule has 0 fully saturated rings. The highest BCUT2D eigenvalue weighted by Gasteiger charge is 2.36. The predicted octanol–water partition coefficient (Wildman–Crippen LogP) is 4.21. The van der Waals surface area contributed by atoms with Crippen LogP contribution in [0.15, 0.2) is 71.6 Å². The average Bonchev–Trinajstić information content (AvgIpc) is 3.43. The molecule has 1 amide bonds. The van der Waals surface area contributed by atoms with E-state index in [0.717, 1.165) is 11.1 Å². The second kappa shape index (κ2) is 9.24. The summed E-state index contributed by atoms with van der Waals surface area (Å²) in [6, 6.07) is 19.9. The van der Waals surface area contributed by atoms with Crippen LogP contribution in [0.25, 0.3) is 0 Å². The van der Waals surface area contributed by atoms with Crippen LogP contribution < -0.4 is 14.8 Å². The van der Waals surface area contributed by atoms with Gasteiger partial charge in [0.25, 0.3) is 5.91 Å². The zero-order chi connectivity index (χ0) is 24.6. The molecule has 35 heavy (non-hydrogen) atoms. The summed E-state index contributed by atoms with van der Waals surface area (Å²) in [5.41, 5.74) is 3.15. The van der Waals surface area contributed by atoms with Crippen molar-refractivity contribution in [3.8, 4) is 11.5 Å². The van der Waals surface area contributed by atoms with E-state index in [9.17, 15) is 13.2 Å². The summed E-state index contributed by atoms with van der Waals surface area (Å²) in [4.78, 5) is 15.3. The number of carbonyl (C=O) groups excluding carboxylic acids is 1. The minimum absolute atomic E-state index is 0.0727. The lowest BCUT2D eigenvalue weighted by molar-refractivity contribution is 0.0728. The highest BCUT2D eigenvalue weighted by Crippen LogP contribution is 2.38. The lowest BCUT2D eigenvalue weighted by atomic mass is 10.1. The number of sulfonamides is 1. The standard InChI is InChI=1S/C26H27N3O5S/c1-3-28(4-2)35(31,32)20-12-10-19(11-13-20)27-25-21-7-5-6-8-22(21)26(30)29(25)16-18-9-14-23-24(15-18)34-17-33-23/h5-15,25,27H,3-4,16-17H2,1-2H3/t25-/m1/s1. The van der Waals surface area contributed by atoms with Crippen LogP contribution in [0.4, 0.5) is 5.69 Å². The molecule has 0 saturated heterocycles.